The van der Waals surface area contributed by atoms with E-state index in [1.165, 1.54) is 0 Å². The minimum absolute atomic E-state index is 0.332. The Labute approximate surface area is 160 Å². The second-order valence-corrected chi connectivity index (χ2v) is 6.69. The molecule has 4 nitrogen and oxygen atoms in total. The van der Waals surface area contributed by atoms with Gasteiger partial charge in [-0.05, 0) is 54.4 Å². The zero-order chi connectivity index (χ0) is 19.1. The fourth-order valence-electron chi connectivity index (χ4n) is 3.10. The number of carbonyl (C=O) groups excluding carboxylic acids is 1. The number of rotatable bonds is 3. The number of primary amides is 1. The van der Waals surface area contributed by atoms with Gasteiger partial charge >= 0.3 is 0 Å². The molecule has 0 saturated heterocycles. The Morgan fingerprint density at radius 2 is 1.96 bits per heavy atom. The molecule has 0 aliphatic heterocycles. The van der Waals surface area contributed by atoms with Gasteiger partial charge in [0.05, 0.1) is 16.1 Å². The fourth-order valence-corrected chi connectivity index (χ4v) is 3.36. The summed E-state index contributed by atoms with van der Waals surface area (Å²) in [4.78, 5) is 15.7. The smallest absolute Gasteiger partial charge is 0.248 e. The summed E-state index contributed by atoms with van der Waals surface area (Å²) in [5, 5.41) is 0.358. The predicted octanol–water partition coefficient (Wildman–Crippen LogP) is 4.89. The van der Waals surface area contributed by atoms with E-state index in [4.69, 9.17) is 17.3 Å². The van der Waals surface area contributed by atoms with E-state index < -0.39 is 5.91 Å². The standard InChI is InChI=1S/C21H15ClFN3O/c1-12-5-7-16(22)19(20(12)23)13-3-2-4-15(9-13)26-11-25-17-10-14(21(24)27)6-8-18(17)26/h2-11H,1H3,(H2,24,27). The SMILES string of the molecule is Cc1ccc(Cl)c(-c2cccc(-n3cnc4cc(C(N)=O)ccc43)c2)c1F. The van der Waals surface area contributed by atoms with E-state index in [2.05, 4.69) is 4.98 Å². The number of hydrogen-bond acceptors (Lipinski definition) is 2. The number of amides is 1. The first-order valence-corrected chi connectivity index (χ1v) is 8.66. The van der Waals surface area contributed by atoms with Crippen molar-refractivity contribution in [3.63, 3.8) is 0 Å². The Morgan fingerprint density at radius 1 is 1.15 bits per heavy atom. The van der Waals surface area contributed by atoms with Crippen LogP contribution in [0.5, 0.6) is 0 Å². The van der Waals surface area contributed by atoms with Crippen LogP contribution in [0.4, 0.5) is 4.39 Å². The lowest BCUT2D eigenvalue weighted by Gasteiger charge is -2.11. The maximum atomic E-state index is 14.6. The van der Waals surface area contributed by atoms with Gasteiger partial charge in [0.2, 0.25) is 5.91 Å². The highest BCUT2D eigenvalue weighted by Crippen LogP contribution is 2.33. The van der Waals surface area contributed by atoms with E-state index >= 15 is 0 Å². The van der Waals surface area contributed by atoms with Gasteiger partial charge in [0.25, 0.3) is 0 Å². The molecule has 4 rings (SSSR count). The first kappa shape index (κ1) is 17.2. The predicted molar refractivity (Wildman–Crippen MR) is 105 cm³/mol. The topological polar surface area (TPSA) is 60.9 Å². The molecule has 0 saturated carbocycles. The Morgan fingerprint density at radius 3 is 2.74 bits per heavy atom. The quantitative estimate of drug-likeness (QED) is 0.550. The van der Waals surface area contributed by atoms with Crippen molar-refractivity contribution in [1.29, 1.82) is 0 Å². The fraction of sp³-hybridized carbons (Fsp3) is 0.0476. The highest BCUT2D eigenvalue weighted by Gasteiger charge is 2.14. The molecule has 1 aromatic heterocycles. The molecule has 1 heterocycles. The van der Waals surface area contributed by atoms with E-state index in [0.717, 1.165) is 11.2 Å². The highest BCUT2D eigenvalue weighted by atomic mass is 35.5. The number of benzene rings is 3. The molecule has 3 aromatic carbocycles. The lowest BCUT2D eigenvalue weighted by atomic mass is 10.0. The number of nitrogens with two attached hydrogens (primary N) is 1. The number of carbonyl (C=O) groups is 1. The molecule has 0 radical (unpaired) electrons. The van der Waals surface area contributed by atoms with Crippen molar-refractivity contribution < 1.29 is 9.18 Å². The van der Waals surface area contributed by atoms with Gasteiger partial charge in [-0.25, -0.2) is 9.37 Å². The van der Waals surface area contributed by atoms with Crippen LogP contribution in [0.15, 0.2) is 60.9 Å². The van der Waals surface area contributed by atoms with E-state index in [1.54, 1.807) is 43.6 Å². The molecular weight excluding hydrogens is 365 g/mol. The van der Waals surface area contributed by atoms with E-state index in [0.29, 0.717) is 32.8 Å². The summed E-state index contributed by atoms with van der Waals surface area (Å²) in [5.74, 6) is -0.834. The third-order valence-corrected chi connectivity index (χ3v) is 4.84. The van der Waals surface area contributed by atoms with Crippen LogP contribution in [0.25, 0.3) is 27.8 Å². The van der Waals surface area contributed by atoms with E-state index in [-0.39, 0.29) is 5.82 Å². The van der Waals surface area contributed by atoms with Gasteiger partial charge in [-0.3, -0.25) is 9.36 Å². The third-order valence-electron chi connectivity index (χ3n) is 4.53. The molecule has 6 heteroatoms. The first-order valence-electron chi connectivity index (χ1n) is 8.28. The summed E-state index contributed by atoms with van der Waals surface area (Å²) in [6, 6.07) is 15.9. The van der Waals surface area contributed by atoms with Crippen LogP contribution in [0.3, 0.4) is 0 Å². The number of hydrogen-bond donors (Lipinski definition) is 1. The minimum atomic E-state index is -0.502. The van der Waals surface area contributed by atoms with Gasteiger partial charge in [0.1, 0.15) is 12.1 Å². The molecule has 0 spiro atoms. The Balaban J connectivity index is 1.86. The van der Waals surface area contributed by atoms with Crippen molar-refractivity contribution in [2.75, 3.05) is 0 Å². The van der Waals surface area contributed by atoms with Gasteiger partial charge in [0.15, 0.2) is 0 Å². The van der Waals surface area contributed by atoms with Crippen molar-refractivity contribution in [1.82, 2.24) is 9.55 Å². The average Bonchev–Trinajstić information content (AvgIpc) is 3.08. The van der Waals surface area contributed by atoms with Crippen molar-refractivity contribution >= 4 is 28.5 Å². The molecular formula is C21H15ClFN3O. The molecule has 27 heavy (non-hydrogen) atoms. The molecule has 0 bridgehead atoms. The molecule has 0 unspecified atom stereocenters. The third kappa shape index (κ3) is 2.96. The molecule has 0 aliphatic carbocycles. The summed E-state index contributed by atoms with van der Waals surface area (Å²) in [6.45, 7) is 1.71. The maximum absolute atomic E-state index is 14.6. The van der Waals surface area contributed by atoms with Gasteiger partial charge in [-0.15, -0.1) is 0 Å². The Kier molecular flexibility index (Phi) is 4.16. The summed E-state index contributed by atoms with van der Waals surface area (Å²) < 4.78 is 16.5. The minimum Gasteiger partial charge on any atom is -0.366 e. The van der Waals surface area contributed by atoms with Gasteiger partial charge < -0.3 is 5.73 Å². The van der Waals surface area contributed by atoms with Crippen molar-refractivity contribution in [2.45, 2.75) is 6.92 Å². The number of fused-ring (bicyclic) bond motifs is 1. The van der Waals surface area contributed by atoms with Crippen LogP contribution in [0, 0.1) is 12.7 Å². The second-order valence-electron chi connectivity index (χ2n) is 6.29. The number of imidazole rings is 1. The number of nitrogens with zero attached hydrogens (tertiary/aromatic N) is 2. The molecule has 2 N–H and O–H groups in total. The summed E-state index contributed by atoms with van der Waals surface area (Å²) in [5.41, 5.74) is 9.57. The Bertz CT molecular complexity index is 1200. The molecule has 1 amide bonds. The van der Waals surface area contributed by atoms with Crippen molar-refractivity contribution in [2.24, 2.45) is 5.73 Å². The lowest BCUT2D eigenvalue weighted by molar-refractivity contribution is 0.100. The van der Waals surface area contributed by atoms with Crippen LogP contribution < -0.4 is 5.73 Å². The molecule has 0 aliphatic rings. The monoisotopic (exact) mass is 379 g/mol. The zero-order valence-corrected chi connectivity index (χ0v) is 15.2. The summed E-state index contributed by atoms with van der Waals surface area (Å²) >= 11 is 6.25. The van der Waals surface area contributed by atoms with E-state index in [9.17, 15) is 9.18 Å². The summed E-state index contributed by atoms with van der Waals surface area (Å²) in [7, 11) is 0. The lowest BCUT2D eigenvalue weighted by Crippen LogP contribution is -2.10. The number of aryl methyl sites for hydroxylation is 1. The van der Waals surface area contributed by atoms with Crippen molar-refractivity contribution in [3.8, 4) is 16.8 Å². The van der Waals surface area contributed by atoms with Gasteiger partial charge in [0, 0.05) is 16.8 Å². The van der Waals surface area contributed by atoms with E-state index in [1.807, 2.05) is 28.8 Å². The second kappa shape index (κ2) is 6.52. The van der Waals surface area contributed by atoms with Crippen LogP contribution in [-0.4, -0.2) is 15.5 Å². The largest absolute Gasteiger partial charge is 0.366 e. The molecule has 0 atom stereocenters. The normalized spacial score (nSPS) is 11.1. The van der Waals surface area contributed by atoms with Crippen LogP contribution in [0.2, 0.25) is 5.02 Å². The van der Waals surface area contributed by atoms with Crippen molar-refractivity contribution in [3.05, 3.63) is 82.9 Å². The maximum Gasteiger partial charge on any atom is 0.248 e. The zero-order valence-electron chi connectivity index (χ0n) is 14.4. The first-order chi connectivity index (χ1) is 13.0. The Hall–Kier alpha value is -3.18. The molecule has 4 aromatic rings. The van der Waals surface area contributed by atoms with Gasteiger partial charge in [-0.1, -0.05) is 29.8 Å². The number of aromatic nitrogens is 2. The molecule has 0 fully saturated rings. The van der Waals surface area contributed by atoms with Crippen LogP contribution >= 0.6 is 11.6 Å². The van der Waals surface area contributed by atoms with Crippen LogP contribution in [-0.2, 0) is 0 Å². The summed E-state index contributed by atoms with van der Waals surface area (Å²) in [6.07, 6.45) is 1.66. The van der Waals surface area contributed by atoms with Gasteiger partial charge in [-0.2, -0.15) is 0 Å². The number of halogens is 2. The molecule has 134 valence electrons. The van der Waals surface area contributed by atoms with Crippen LogP contribution in [0.1, 0.15) is 15.9 Å². The highest BCUT2D eigenvalue weighted by molar-refractivity contribution is 6.33. The average molecular weight is 380 g/mol.